The highest BCUT2D eigenvalue weighted by Crippen LogP contribution is 2.26. The summed E-state index contributed by atoms with van der Waals surface area (Å²) < 4.78 is 0. The van der Waals surface area contributed by atoms with Crippen LogP contribution in [0.3, 0.4) is 0 Å². The molecule has 0 heterocycles. The molecule has 0 aliphatic heterocycles. The topological polar surface area (TPSA) is 102 Å². The molecule has 3 N–H and O–H groups in total. The highest BCUT2D eigenvalue weighted by molar-refractivity contribution is 5.95. The number of nitro groups is 1. The first kappa shape index (κ1) is 19.7. The van der Waals surface area contributed by atoms with Gasteiger partial charge in [-0.25, -0.2) is 0 Å². The van der Waals surface area contributed by atoms with Crippen molar-refractivity contribution in [3.8, 4) is 0 Å². The van der Waals surface area contributed by atoms with Crippen molar-refractivity contribution in [3.63, 3.8) is 0 Å². The van der Waals surface area contributed by atoms with Crippen LogP contribution in [0.5, 0.6) is 0 Å². The third-order valence-corrected chi connectivity index (χ3v) is 5.41. The Bertz CT molecular complexity index is 845. The molecule has 28 heavy (non-hydrogen) atoms. The van der Waals surface area contributed by atoms with Gasteiger partial charge < -0.3 is 16.0 Å². The van der Waals surface area contributed by atoms with Gasteiger partial charge in [0.05, 0.1) is 4.92 Å². The number of hydrogen-bond donors (Lipinski definition) is 2. The van der Waals surface area contributed by atoms with Crippen LogP contribution in [0.15, 0.2) is 42.5 Å². The number of nitrogens with one attached hydrogen (secondary N) is 1. The van der Waals surface area contributed by atoms with Crippen LogP contribution in [0.4, 0.5) is 17.1 Å². The van der Waals surface area contributed by atoms with Crippen LogP contribution < -0.4 is 16.0 Å². The molecule has 1 amide bonds. The zero-order chi connectivity index (χ0) is 20.1. The van der Waals surface area contributed by atoms with Gasteiger partial charge >= 0.3 is 0 Å². The highest BCUT2D eigenvalue weighted by atomic mass is 16.6. The Hall–Kier alpha value is -3.09. The molecule has 2 aromatic carbocycles. The third-order valence-electron chi connectivity index (χ3n) is 5.41. The molecule has 7 heteroatoms. The maximum Gasteiger partial charge on any atom is 0.292 e. The first-order valence-corrected chi connectivity index (χ1v) is 9.59. The van der Waals surface area contributed by atoms with Gasteiger partial charge in [0.2, 0.25) is 0 Å². The molecule has 0 bridgehead atoms. The van der Waals surface area contributed by atoms with Gasteiger partial charge in [-0.2, -0.15) is 0 Å². The Morgan fingerprint density at radius 1 is 1.18 bits per heavy atom. The number of nitro benzene ring substituents is 1. The molecule has 0 unspecified atom stereocenters. The Kier molecular flexibility index (Phi) is 6.13. The minimum Gasteiger partial charge on any atom is -0.393 e. The van der Waals surface area contributed by atoms with Gasteiger partial charge in [0.25, 0.3) is 11.6 Å². The van der Waals surface area contributed by atoms with Gasteiger partial charge in [0.15, 0.2) is 0 Å². The molecule has 148 valence electrons. The third kappa shape index (κ3) is 4.60. The van der Waals surface area contributed by atoms with E-state index in [0.29, 0.717) is 12.6 Å². The fourth-order valence-electron chi connectivity index (χ4n) is 3.66. The molecule has 1 fully saturated rings. The second-order valence-electron chi connectivity index (χ2n) is 7.28. The van der Waals surface area contributed by atoms with Crippen LogP contribution in [0, 0.1) is 10.1 Å². The zero-order valence-corrected chi connectivity index (χ0v) is 16.1. The Balaban J connectivity index is 1.59. The summed E-state index contributed by atoms with van der Waals surface area (Å²) in [5.74, 6) is -0.369. The number of nitrogens with two attached hydrogens (primary N) is 1. The standard InChI is InChI=1S/C21H26N4O3/c1-24(17-5-3-2-4-6-17)18-10-7-15(8-11-18)14-23-21(26)16-9-12-19(22)20(13-16)25(27)28/h7-13,17H,2-6,14,22H2,1H3,(H,23,26). The van der Waals surface area contributed by atoms with Gasteiger partial charge in [0, 0.05) is 37.0 Å². The quantitative estimate of drug-likeness (QED) is 0.448. The van der Waals surface area contributed by atoms with Gasteiger partial charge in [-0.05, 0) is 42.7 Å². The molecule has 0 saturated heterocycles. The number of nitrogen functional groups attached to an aromatic ring is 1. The van der Waals surface area contributed by atoms with E-state index in [1.807, 2.05) is 12.1 Å². The number of nitrogens with zero attached hydrogens (tertiary/aromatic N) is 2. The maximum atomic E-state index is 12.3. The number of benzene rings is 2. The average molecular weight is 382 g/mol. The number of amides is 1. The molecule has 0 radical (unpaired) electrons. The fraction of sp³-hybridized carbons (Fsp3) is 0.381. The second-order valence-corrected chi connectivity index (χ2v) is 7.28. The van der Waals surface area contributed by atoms with E-state index in [9.17, 15) is 14.9 Å². The van der Waals surface area contributed by atoms with Crippen molar-refractivity contribution < 1.29 is 9.72 Å². The Morgan fingerprint density at radius 3 is 2.50 bits per heavy atom. The van der Waals surface area contributed by atoms with E-state index >= 15 is 0 Å². The van der Waals surface area contributed by atoms with Crippen LogP contribution in [0.2, 0.25) is 0 Å². The van der Waals surface area contributed by atoms with Crippen molar-refractivity contribution in [2.75, 3.05) is 17.7 Å². The molecule has 0 spiro atoms. The summed E-state index contributed by atoms with van der Waals surface area (Å²) in [5, 5.41) is 13.8. The smallest absolute Gasteiger partial charge is 0.292 e. The number of anilines is 2. The normalized spacial score (nSPS) is 14.5. The first-order valence-electron chi connectivity index (χ1n) is 9.59. The van der Waals surface area contributed by atoms with Crippen LogP contribution in [-0.4, -0.2) is 23.9 Å². The summed E-state index contributed by atoms with van der Waals surface area (Å²) in [4.78, 5) is 25.0. The molecule has 1 aliphatic carbocycles. The summed E-state index contributed by atoms with van der Waals surface area (Å²) in [6.07, 6.45) is 6.40. The maximum absolute atomic E-state index is 12.3. The molecule has 1 saturated carbocycles. The molecule has 0 atom stereocenters. The van der Waals surface area contributed by atoms with Gasteiger partial charge in [-0.1, -0.05) is 31.4 Å². The molecule has 2 aromatic rings. The van der Waals surface area contributed by atoms with Crippen LogP contribution in [0.25, 0.3) is 0 Å². The fourth-order valence-corrected chi connectivity index (χ4v) is 3.66. The first-order chi connectivity index (χ1) is 13.5. The van der Waals surface area contributed by atoms with Gasteiger partial charge in [-0.3, -0.25) is 14.9 Å². The minimum absolute atomic E-state index is 0.0409. The summed E-state index contributed by atoms with van der Waals surface area (Å²) >= 11 is 0. The molecular formula is C21H26N4O3. The summed E-state index contributed by atoms with van der Waals surface area (Å²) in [6, 6.07) is 12.8. The lowest BCUT2D eigenvalue weighted by Crippen LogP contribution is -2.33. The van der Waals surface area contributed by atoms with Crippen LogP contribution >= 0.6 is 0 Å². The lowest BCUT2D eigenvalue weighted by atomic mass is 9.94. The molecule has 1 aliphatic rings. The minimum atomic E-state index is -0.590. The lowest BCUT2D eigenvalue weighted by Gasteiger charge is -2.33. The van der Waals surface area contributed by atoms with E-state index < -0.39 is 4.92 Å². The van der Waals surface area contributed by atoms with E-state index in [-0.39, 0.29) is 22.8 Å². The Morgan fingerprint density at radius 2 is 1.86 bits per heavy atom. The predicted octanol–water partition coefficient (Wildman–Crippen LogP) is 3.88. The van der Waals surface area contributed by atoms with E-state index in [1.165, 1.54) is 56.0 Å². The van der Waals surface area contributed by atoms with Crippen LogP contribution in [-0.2, 0) is 6.54 Å². The van der Waals surface area contributed by atoms with Crippen molar-refractivity contribution in [2.24, 2.45) is 0 Å². The second kappa shape index (κ2) is 8.73. The summed E-state index contributed by atoms with van der Waals surface area (Å²) in [6.45, 7) is 0.352. The van der Waals surface area contributed by atoms with Crippen molar-refractivity contribution >= 4 is 23.0 Å². The largest absolute Gasteiger partial charge is 0.393 e. The van der Waals surface area contributed by atoms with Crippen molar-refractivity contribution in [3.05, 3.63) is 63.7 Å². The number of rotatable bonds is 6. The van der Waals surface area contributed by atoms with Gasteiger partial charge in [-0.15, -0.1) is 0 Å². The summed E-state index contributed by atoms with van der Waals surface area (Å²) in [7, 11) is 2.14. The van der Waals surface area contributed by atoms with Crippen LogP contribution in [0.1, 0.15) is 48.0 Å². The van der Waals surface area contributed by atoms with Crippen molar-refractivity contribution in [1.29, 1.82) is 0 Å². The molecule has 7 nitrogen and oxygen atoms in total. The van der Waals surface area contributed by atoms with E-state index in [2.05, 4.69) is 29.4 Å². The average Bonchev–Trinajstić information content (AvgIpc) is 2.72. The molecular weight excluding hydrogens is 356 g/mol. The zero-order valence-electron chi connectivity index (χ0n) is 16.1. The van der Waals surface area contributed by atoms with Crippen molar-refractivity contribution in [2.45, 2.75) is 44.7 Å². The van der Waals surface area contributed by atoms with Crippen molar-refractivity contribution in [1.82, 2.24) is 5.32 Å². The highest BCUT2D eigenvalue weighted by Gasteiger charge is 2.18. The number of carbonyl (C=O) groups is 1. The van der Waals surface area contributed by atoms with E-state index in [4.69, 9.17) is 5.73 Å². The predicted molar refractivity (Wildman–Crippen MR) is 110 cm³/mol. The molecule has 0 aromatic heterocycles. The monoisotopic (exact) mass is 382 g/mol. The number of hydrogen-bond acceptors (Lipinski definition) is 5. The molecule has 3 rings (SSSR count). The Labute approximate surface area is 164 Å². The number of carbonyl (C=O) groups excluding carboxylic acids is 1. The van der Waals surface area contributed by atoms with E-state index in [1.54, 1.807) is 0 Å². The van der Waals surface area contributed by atoms with Gasteiger partial charge in [0.1, 0.15) is 5.69 Å². The lowest BCUT2D eigenvalue weighted by molar-refractivity contribution is -0.383. The SMILES string of the molecule is CN(c1ccc(CNC(=O)c2ccc(N)c([N+](=O)[O-])c2)cc1)C1CCCCC1. The summed E-state index contributed by atoms with van der Waals surface area (Å²) in [5.41, 5.74) is 7.72. The van der Waals surface area contributed by atoms with E-state index in [0.717, 1.165) is 5.56 Å².